The number of benzene rings is 3. The fraction of sp³-hybridized carbons (Fsp3) is 0.681. The van der Waals surface area contributed by atoms with Gasteiger partial charge < -0.3 is 19.5 Å². The Morgan fingerprint density at radius 1 is 0.390 bits per heavy atom. The van der Waals surface area contributed by atoms with E-state index >= 15 is 0 Å². The van der Waals surface area contributed by atoms with Crippen molar-refractivity contribution in [2.24, 2.45) is 0 Å². The van der Waals surface area contributed by atoms with E-state index in [2.05, 4.69) is 43.8 Å². The summed E-state index contributed by atoms with van der Waals surface area (Å²) >= 11 is 0. The van der Waals surface area contributed by atoms with E-state index in [1.165, 1.54) is 238 Å². The lowest BCUT2D eigenvalue weighted by Crippen LogP contribution is -2.12. The van der Waals surface area contributed by atoms with Crippen LogP contribution in [0.15, 0.2) is 54.6 Å². The number of unbranched alkanes of at least 4 members (excludes halogenated alkanes) is 39. The van der Waals surface area contributed by atoms with Crippen LogP contribution in [0.25, 0.3) is 0 Å². The van der Waals surface area contributed by atoms with E-state index in [0.29, 0.717) is 42.4 Å². The molecular formula is C72H113NO4. The maximum absolute atomic E-state index is 13.6. The number of hydrogen-bond donors (Lipinski definition) is 1. The van der Waals surface area contributed by atoms with Gasteiger partial charge in [-0.05, 0) is 68.1 Å². The number of aryl methyl sites for hydroxylation is 1. The van der Waals surface area contributed by atoms with Gasteiger partial charge in [-0.15, -0.1) is 6.42 Å². The average Bonchev–Trinajstić information content (AvgIpc) is 3.44. The highest BCUT2D eigenvalue weighted by Crippen LogP contribution is 2.30. The largest absolute Gasteiger partial charge is 0.494 e. The molecule has 0 saturated heterocycles. The molecule has 0 aromatic heterocycles. The van der Waals surface area contributed by atoms with Gasteiger partial charge in [-0.3, -0.25) is 4.79 Å². The highest BCUT2D eigenvalue weighted by Gasteiger charge is 2.13. The summed E-state index contributed by atoms with van der Waals surface area (Å²) in [5.41, 5.74) is 4.49. The van der Waals surface area contributed by atoms with E-state index in [-0.39, 0.29) is 5.91 Å². The normalized spacial score (nSPS) is 11.1. The lowest BCUT2D eigenvalue weighted by molar-refractivity contribution is 0.102. The Morgan fingerprint density at radius 2 is 0.714 bits per heavy atom. The fourth-order valence-corrected chi connectivity index (χ4v) is 10.3. The SMILES string of the molecule is C#Cc1cc(OCCCCCCCCCCCCCCCC)c(C#Cc2cc(C(=O)Nc3ccc(OCCCCCCCCCCCCCCCC)cc3)ccc2C)cc1OCCCCCCCCCCCCCCCC. The third-order valence-corrected chi connectivity index (χ3v) is 15.5. The summed E-state index contributed by atoms with van der Waals surface area (Å²) in [6.45, 7) is 10.8. The molecule has 0 unspecified atom stereocenters. The molecule has 0 aliphatic carbocycles. The number of carbonyl (C=O) groups is 1. The second-order valence-corrected chi connectivity index (χ2v) is 22.6. The van der Waals surface area contributed by atoms with E-state index in [1.807, 2.05) is 61.5 Å². The second kappa shape index (κ2) is 47.6. The molecular weight excluding hydrogens is 943 g/mol. The summed E-state index contributed by atoms with van der Waals surface area (Å²) in [5.74, 6) is 11.7. The van der Waals surface area contributed by atoms with Gasteiger partial charge in [0, 0.05) is 28.9 Å². The van der Waals surface area contributed by atoms with Crippen LogP contribution in [0.5, 0.6) is 17.2 Å². The lowest BCUT2D eigenvalue weighted by atomic mass is 10.0. The molecule has 77 heavy (non-hydrogen) atoms. The van der Waals surface area contributed by atoms with Gasteiger partial charge in [0.25, 0.3) is 5.91 Å². The molecule has 0 radical (unpaired) electrons. The third kappa shape index (κ3) is 34.3. The van der Waals surface area contributed by atoms with Crippen LogP contribution in [-0.2, 0) is 0 Å². The molecule has 3 aromatic carbocycles. The summed E-state index contributed by atoms with van der Waals surface area (Å²) in [4.78, 5) is 13.6. The summed E-state index contributed by atoms with van der Waals surface area (Å²) in [5, 5.41) is 3.07. The van der Waals surface area contributed by atoms with Crippen molar-refractivity contribution in [1.82, 2.24) is 0 Å². The predicted octanol–water partition coefficient (Wildman–Crippen LogP) is 22.2. The molecule has 0 spiro atoms. The zero-order chi connectivity index (χ0) is 54.9. The first kappa shape index (κ1) is 66.9. The lowest BCUT2D eigenvalue weighted by Gasteiger charge is -2.14. The number of ether oxygens (including phenoxy) is 3. The van der Waals surface area contributed by atoms with Crippen LogP contribution in [0.1, 0.15) is 323 Å². The molecule has 0 saturated carbocycles. The van der Waals surface area contributed by atoms with Crippen molar-refractivity contribution in [1.29, 1.82) is 0 Å². The predicted molar refractivity (Wildman–Crippen MR) is 333 cm³/mol. The third-order valence-electron chi connectivity index (χ3n) is 15.5. The first-order valence-electron chi connectivity index (χ1n) is 32.6. The quantitative estimate of drug-likeness (QED) is 0.0452. The Bertz CT molecular complexity index is 2000. The second-order valence-electron chi connectivity index (χ2n) is 22.6. The summed E-state index contributed by atoms with van der Waals surface area (Å²) in [7, 11) is 0. The molecule has 0 aliphatic heterocycles. The molecule has 0 heterocycles. The van der Waals surface area contributed by atoms with Crippen molar-refractivity contribution in [3.05, 3.63) is 82.4 Å². The Kier molecular flexibility index (Phi) is 41.4. The number of terminal acetylenes is 1. The number of hydrogen-bond acceptors (Lipinski definition) is 4. The van der Waals surface area contributed by atoms with Gasteiger partial charge in [-0.2, -0.15) is 0 Å². The Labute approximate surface area is 474 Å². The molecule has 0 atom stereocenters. The summed E-state index contributed by atoms with van der Waals surface area (Å²) in [6, 6.07) is 17.3. The number of carbonyl (C=O) groups excluding carboxylic acids is 1. The maximum atomic E-state index is 13.6. The van der Waals surface area contributed by atoms with Gasteiger partial charge >= 0.3 is 0 Å². The van der Waals surface area contributed by atoms with Gasteiger partial charge in [0.2, 0.25) is 0 Å². The summed E-state index contributed by atoms with van der Waals surface area (Å²) < 4.78 is 18.9. The van der Waals surface area contributed by atoms with Gasteiger partial charge in [-0.25, -0.2) is 0 Å². The maximum Gasteiger partial charge on any atom is 0.255 e. The van der Waals surface area contributed by atoms with Crippen LogP contribution in [-0.4, -0.2) is 25.7 Å². The molecule has 0 bridgehead atoms. The van der Waals surface area contributed by atoms with Crippen molar-refractivity contribution in [3.63, 3.8) is 0 Å². The monoisotopic (exact) mass is 1060 g/mol. The van der Waals surface area contributed by atoms with Crippen LogP contribution in [0.3, 0.4) is 0 Å². The minimum absolute atomic E-state index is 0.182. The molecule has 5 nitrogen and oxygen atoms in total. The molecule has 1 N–H and O–H groups in total. The van der Waals surface area contributed by atoms with Crippen molar-refractivity contribution in [3.8, 4) is 41.4 Å². The summed E-state index contributed by atoms with van der Waals surface area (Å²) in [6.07, 6.45) is 61.8. The van der Waals surface area contributed by atoms with Crippen molar-refractivity contribution in [2.45, 2.75) is 297 Å². The highest BCUT2D eigenvalue weighted by atomic mass is 16.5. The van der Waals surface area contributed by atoms with Crippen LogP contribution < -0.4 is 19.5 Å². The topological polar surface area (TPSA) is 56.8 Å². The Hall–Kier alpha value is -4.35. The van der Waals surface area contributed by atoms with Gasteiger partial charge in [-0.1, -0.05) is 295 Å². The van der Waals surface area contributed by atoms with Crippen LogP contribution in [0.4, 0.5) is 5.69 Å². The van der Waals surface area contributed by atoms with E-state index in [1.54, 1.807) is 0 Å². The molecule has 430 valence electrons. The van der Waals surface area contributed by atoms with E-state index in [9.17, 15) is 4.79 Å². The first-order chi connectivity index (χ1) is 38.0. The number of amides is 1. The van der Waals surface area contributed by atoms with Crippen molar-refractivity contribution < 1.29 is 19.0 Å². The van der Waals surface area contributed by atoms with Gasteiger partial charge in [0.15, 0.2) is 0 Å². The number of nitrogens with one attached hydrogen (secondary N) is 1. The highest BCUT2D eigenvalue weighted by molar-refractivity contribution is 6.04. The van der Waals surface area contributed by atoms with Crippen LogP contribution in [0, 0.1) is 31.1 Å². The van der Waals surface area contributed by atoms with Crippen molar-refractivity contribution in [2.75, 3.05) is 25.1 Å². The molecule has 5 heteroatoms. The first-order valence-corrected chi connectivity index (χ1v) is 32.6. The Morgan fingerprint density at radius 3 is 1.09 bits per heavy atom. The fourth-order valence-electron chi connectivity index (χ4n) is 10.3. The Balaban J connectivity index is 1.51. The smallest absolute Gasteiger partial charge is 0.255 e. The van der Waals surface area contributed by atoms with E-state index in [0.717, 1.165) is 60.2 Å². The average molecular weight is 1060 g/mol. The zero-order valence-electron chi connectivity index (χ0n) is 50.2. The molecule has 1 amide bonds. The molecule has 0 fully saturated rings. The number of rotatable bonds is 50. The molecule has 3 aromatic rings. The van der Waals surface area contributed by atoms with Gasteiger partial charge in [0.05, 0.1) is 30.9 Å². The molecule has 0 aliphatic rings. The minimum Gasteiger partial charge on any atom is -0.494 e. The standard InChI is InChI=1S/C72H113NO4/c1-6-10-13-16-19-22-25-28-31-34-37-40-43-46-57-75-69-55-53-68(54-56-69)73-72(74)67-50-49-63(5)65(60-67)51-52-66-62-70(76-58-47-44-41-38-35-32-29-26-23-20-17-14-11-7-2)64(9-4)61-71(66)77-59-48-45-42-39-36-33-30-27-24-21-18-15-12-8-3/h4,49-50,53-56,60-62H,6-8,10-48,57-59H2,1-3,5H3,(H,73,74). The van der Waals surface area contributed by atoms with Gasteiger partial charge in [0.1, 0.15) is 17.2 Å². The minimum atomic E-state index is -0.182. The van der Waals surface area contributed by atoms with E-state index < -0.39 is 0 Å². The van der Waals surface area contributed by atoms with E-state index in [4.69, 9.17) is 20.6 Å². The number of anilines is 1. The van der Waals surface area contributed by atoms with Crippen molar-refractivity contribution >= 4 is 11.6 Å². The zero-order valence-corrected chi connectivity index (χ0v) is 50.2. The van der Waals surface area contributed by atoms with Crippen LogP contribution >= 0.6 is 0 Å². The van der Waals surface area contributed by atoms with Crippen LogP contribution in [0.2, 0.25) is 0 Å². The molecule has 3 rings (SSSR count).